The van der Waals surface area contributed by atoms with Crippen molar-refractivity contribution in [1.82, 2.24) is 0 Å². The highest BCUT2D eigenvalue weighted by Gasteiger charge is 2.34. The molecule has 1 amide bonds. The second-order valence-electron chi connectivity index (χ2n) is 4.41. The molecular formula is C14H10Cl2F3NOS2. The lowest BCUT2D eigenvalue weighted by molar-refractivity contribution is -0.137. The summed E-state index contributed by atoms with van der Waals surface area (Å²) >= 11 is 14.2. The quantitative estimate of drug-likeness (QED) is 0.673. The minimum absolute atomic E-state index is 0.0119. The van der Waals surface area contributed by atoms with Gasteiger partial charge in [-0.1, -0.05) is 29.3 Å². The Hall–Kier alpha value is -0.890. The number of carbonyl (C=O) groups is 1. The van der Waals surface area contributed by atoms with E-state index in [1.165, 1.54) is 35.2 Å². The molecule has 0 unspecified atom stereocenters. The van der Waals surface area contributed by atoms with E-state index in [2.05, 4.69) is 5.32 Å². The summed E-state index contributed by atoms with van der Waals surface area (Å²) in [5.41, 5.74) is -1.38. The minimum Gasteiger partial charge on any atom is -0.324 e. The Kier molecular flexibility index (Phi) is 6.25. The van der Waals surface area contributed by atoms with Crippen LogP contribution in [0, 0.1) is 0 Å². The van der Waals surface area contributed by atoms with Gasteiger partial charge in [0, 0.05) is 10.6 Å². The average Bonchev–Trinajstić information content (AvgIpc) is 2.85. The van der Waals surface area contributed by atoms with Gasteiger partial charge in [-0.25, -0.2) is 0 Å². The van der Waals surface area contributed by atoms with E-state index in [4.69, 9.17) is 23.2 Å². The summed E-state index contributed by atoms with van der Waals surface area (Å²) < 4.78 is 39.4. The van der Waals surface area contributed by atoms with Crippen LogP contribution in [0.2, 0.25) is 9.36 Å². The van der Waals surface area contributed by atoms with Gasteiger partial charge in [0.1, 0.15) is 0 Å². The molecule has 0 bridgehead atoms. The number of benzene rings is 1. The molecular weight excluding hydrogens is 390 g/mol. The lowest BCUT2D eigenvalue weighted by atomic mass is 10.1. The third-order valence-electron chi connectivity index (χ3n) is 2.69. The zero-order chi connectivity index (χ0) is 17.0. The maximum atomic E-state index is 12.9. The van der Waals surface area contributed by atoms with Crippen molar-refractivity contribution in [3.8, 4) is 0 Å². The molecule has 1 aromatic heterocycles. The van der Waals surface area contributed by atoms with E-state index in [0.717, 1.165) is 10.9 Å². The Bertz CT molecular complexity index is 704. The van der Waals surface area contributed by atoms with Crippen molar-refractivity contribution >= 4 is 57.9 Å². The van der Waals surface area contributed by atoms with Gasteiger partial charge in [-0.05, 0) is 24.3 Å². The number of thioether (sulfide) groups is 1. The lowest BCUT2D eigenvalue weighted by Gasteiger charge is -2.15. The molecule has 9 heteroatoms. The number of carbonyl (C=O) groups excluding carboxylic acids is 1. The molecule has 2 aromatic rings. The molecule has 0 fully saturated rings. The van der Waals surface area contributed by atoms with Gasteiger partial charge in [0.25, 0.3) is 0 Å². The predicted octanol–water partition coefficient (Wildman–Crippen LogP) is 5.95. The van der Waals surface area contributed by atoms with Crippen LogP contribution in [0.1, 0.15) is 10.4 Å². The molecule has 1 aromatic carbocycles. The Labute approximate surface area is 149 Å². The van der Waals surface area contributed by atoms with Gasteiger partial charge in [0.2, 0.25) is 5.91 Å². The first-order valence-electron chi connectivity index (χ1n) is 6.25. The molecule has 0 atom stereocenters. The highest BCUT2D eigenvalue weighted by atomic mass is 35.5. The summed E-state index contributed by atoms with van der Waals surface area (Å²) in [7, 11) is 0. The number of nitrogens with one attached hydrogen (secondary N) is 1. The van der Waals surface area contributed by atoms with Crippen LogP contribution in [0.5, 0.6) is 0 Å². The highest BCUT2D eigenvalue weighted by molar-refractivity contribution is 7.99. The van der Waals surface area contributed by atoms with Crippen molar-refractivity contribution in [3.05, 3.63) is 50.1 Å². The van der Waals surface area contributed by atoms with E-state index in [1.807, 2.05) is 6.07 Å². The van der Waals surface area contributed by atoms with Gasteiger partial charge in [-0.2, -0.15) is 13.2 Å². The first-order chi connectivity index (χ1) is 10.8. The molecule has 0 spiro atoms. The van der Waals surface area contributed by atoms with Crippen LogP contribution in [0.3, 0.4) is 0 Å². The number of halogens is 5. The van der Waals surface area contributed by atoms with E-state index in [9.17, 15) is 18.0 Å². The molecule has 0 aliphatic carbocycles. The monoisotopic (exact) mass is 399 g/mol. The van der Waals surface area contributed by atoms with Crippen molar-refractivity contribution < 1.29 is 18.0 Å². The number of para-hydroxylation sites is 1. The van der Waals surface area contributed by atoms with Crippen molar-refractivity contribution in [2.24, 2.45) is 0 Å². The van der Waals surface area contributed by atoms with Crippen molar-refractivity contribution in [1.29, 1.82) is 0 Å². The Balaban J connectivity index is 1.97. The van der Waals surface area contributed by atoms with Crippen molar-refractivity contribution in [3.63, 3.8) is 0 Å². The first kappa shape index (κ1) is 18.4. The number of hydrogen-bond acceptors (Lipinski definition) is 3. The van der Waals surface area contributed by atoms with E-state index < -0.39 is 23.3 Å². The SMILES string of the molecule is O=C(CSCc1ccc(Cl)s1)Nc1c(Cl)cccc1C(F)(F)F. The van der Waals surface area contributed by atoms with Gasteiger partial charge in [-0.3, -0.25) is 4.79 Å². The maximum Gasteiger partial charge on any atom is 0.418 e. The van der Waals surface area contributed by atoms with E-state index in [-0.39, 0.29) is 10.8 Å². The fraction of sp³-hybridized carbons (Fsp3) is 0.214. The third-order valence-corrected chi connectivity index (χ3v) is 5.40. The molecule has 0 radical (unpaired) electrons. The molecule has 23 heavy (non-hydrogen) atoms. The molecule has 1 heterocycles. The van der Waals surface area contributed by atoms with Crippen LogP contribution in [0.25, 0.3) is 0 Å². The average molecular weight is 400 g/mol. The molecule has 0 saturated heterocycles. The zero-order valence-electron chi connectivity index (χ0n) is 11.4. The Morgan fingerprint density at radius 2 is 1.96 bits per heavy atom. The van der Waals surface area contributed by atoms with Crippen molar-refractivity contribution in [2.45, 2.75) is 11.9 Å². The number of rotatable bonds is 5. The number of thiophene rings is 1. The summed E-state index contributed by atoms with van der Waals surface area (Å²) in [6, 6.07) is 6.96. The molecule has 0 aliphatic rings. The normalized spacial score (nSPS) is 11.5. The fourth-order valence-corrected chi connectivity index (χ4v) is 3.98. The van der Waals surface area contributed by atoms with Gasteiger partial charge < -0.3 is 5.32 Å². The second kappa shape index (κ2) is 7.79. The van der Waals surface area contributed by atoms with E-state index in [0.29, 0.717) is 10.1 Å². The fourth-order valence-electron chi connectivity index (χ4n) is 1.74. The third kappa shape index (κ3) is 5.31. The highest BCUT2D eigenvalue weighted by Crippen LogP contribution is 2.38. The Morgan fingerprint density at radius 1 is 1.22 bits per heavy atom. The summed E-state index contributed by atoms with van der Waals surface area (Å²) in [4.78, 5) is 12.8. The smallest absolute Gasteiger partial charge is 0.324 e. The number of anilines is 1. The number of hydrogen-bond donors (Lipinski definition) is 1. The van der Waals surface area contributed by atoms with Gasteiger partial charge >= 0.3 is 6.18 Å². The van der Waals surface area contributed by atoms with Crippen LogP contribution >= 0.6 is 46.3 Å². The lowest BCUT2D eigenvalue weighted by Crippen LogP contribution is -2.18. The maximum absolute atomic E-state index is 12.9. The Morgan fingerprint density at radius 3 is 2.57 bits per heavy atom. The predicted molar refractivity (Wildman–Crippen MR) is 90.6 cm³/mol. The van der Waals surface area contributed by atoms with Crippen LogP contribution in [0.4, 0.5) is 18.9 Å². The van der Waals surface area contributed by atoms with Crippen LogP contribution in [0.15, 0.2) is 30.3 Å². The molecule has 1 N–H and O–H groups in total. The largest absolute Gasteiger partial charge is 0.418 e. The van der Waals surface area contributed by atoms with Gasteiger partial charge in [0.05, 0.1) is 26.4 Å². The van der Waals surface area contributed by atoms with Crippen LogP contribution < -0.4 is 5.32 Å². The summed E-state index contributed by atoms with van der Waals surface area (Å²) in [6.45, 7) is 0. The number of alkyl halides is 3. The number of amides is 1. The van der Waals surface area contributed by atoms with E-state index >= 15 is 0 Å². The van der Waals surface area contributed by atoms with Crippen LogP contribution in [-0.2, 0) is 16.7 Å². The van der Waals surface area contributed by atoms with E-state index in [1.54, 1.807) is 6.07 Å². The summed E-state index contributed by atoms with van der Waals surface area (Å²) in [5.74, 6) is 0.0218. The summed E-state index contributed by atoms with van der Waals surface area (Å²) in [6.07, 6.45) is -4.59. The topological polar surface area (TPSA) is 29.1 Å². The standard InChI is InChI=1S/C14H10Cl2F3NOS2/c15-10-3-1-2-9(14(17,18)19)13(10)20-12(21)7-22-6-8-4-5-11(16)23-8/h1-5H,6-7H2,(H,20,21). The molecule has 2 rings (SSSR count). The van der Waals surface area contributed by atoms with Gasteiger partial charge in [-0.15, -0.1) is 23.1 Å². The molecule has 2 nitrogen and oxygen atoms in total. The minimum atomic E-state index is -4.59. The zero-order valence-corrected chi connectivity index (χ0v) is 14.6. The molecule has 124 valence electrons. The van der Waals surface area contributed by atoms with Crippen LogP contribution in [-0.4, -0.2) is 11.7 Å². The molecule has 0 aliphatic heterocycles. The molecule has 0 saturated carbocycles. The van der Waals surface area contributed by atoms with Gasteiger partial charge in [0.15, 0.2) is 0 Å². The second-order valence-corrected chi connectivity index (χ2v) is 7.60. The first-order valence-corrected chi connectivity index (χ1v) is 8.97. The van der Waals surface area contributed by atoms with Crippen molar-refractivity contribution in [2.75, 3.05) is 11.1 Å². The summed E-state index contributed by atoms with van der Waals surface area (Å²) in [5, 5.41) is 2.09.